The van der Waals surface area contributed by atoms with Crippen LogP contribution >= 0.6 is 15.9 Å². The van der Waals surface area contributed by atoms with Crippen molar-refractivity contribution in [3.63, 3.8) is 0 Å². The Morgan fingerprint density at radius 2 is 2.20 bits per heavy atom. The van der Waals surface area contributed by atoms with Crippen molar-refractivity contribution < 1.29 is 14.2 Å². The summed E-state index contributed by atoms with van der Waals surface area (Å²) in [5.74, 6) is 0.148. The third-order valence-electron chi connectivity index (χ3n) is 2.15. The van der Waals surface area contributed by atoms with Gasteiger partial charge in [-0.05, 0) is 41.4 Å². The molecule has 0 aromatic heterocycles. The number of benzene rings is 1. The van der Waals surface area contributed by atoms with Gasteiger partial charge in [0.1, 0.15) is 11.6 Å². The largest absolute Gasteiger partial charge is 0.496 e. The number of aliphatic hydroxyl groups is 1. The maximum Gasteiger partial charge on any atom is 0.144 e. The van der Waals surface area contributed by atoms with E-state index in [1.165, 1.54) is 7.11 Å². The van der Waals surface area contributed by atoms with Crippen molar-refractivity contribution in [3.05, 3.63) is 27.5 Å². The van der Waals surface area contributed by atoms with E-state index in [9.17, 15) is 9.50 Å². The first kappa shape index (κ1) is 12.5. The number of hydrogen-bond acceptors (Lipinski definition) is 2. The first-order valence-electron chi connectivity index (χ1n) is 4.67. The maximum absolute atomic E-state index is 13.8. The predicted molar refractivity (Wildman–Crippen MR) is 60.8 cm³/mol. The monoisotopic (exact) mass is 276 g/mol. The van der Waals surface area contributed by atoms with Crippen molar-refractivity contribution in [3.8, 4) is 5.75 Å². The Bertz CT molecular complexity index is 364. The third kappa shape index (κ3) is 2.69. The lowest BCUT2D eigenvalue weighted by molar-refractivity contribution is 0.192. The lowest BCUT2D eigenvalue weighted by Crippen LogP contribution is -2.09. The summed E-state index contributed by atoms with van der Waals surface area (Å²) >= 11 is 3.14. The summed E-state index contributed by atoms with van der Waals surface area (Å²) in [5, 5.41) is 9.29. The molecule has 0 saturated carbocycles. The molecule has 15 heavy (non-hydrogen) atoms. The van der Waals surface area contributed by atoms with Gasteiger partial charge in [-0.25, -0.2) is 4.39 Å². The van der Waals surface area contributed by atoms with E-state index < -0.39 is 6.10 Å². The number of halogens is 2. The van der Waals surface area contributed by atoms with Gasteiger partial charge in [-0.15, -0.1) is 0 Å². The summed E-state index contributed by atoms with van der Waals surface area (Å²) in [6.07, 6.45) is -0.350. The van der Waals surface area contributed by atoms with E-state index >= 15 is 0 Å². The number of hydrogen-bond donors (Lipinski definition) is 1. The molecule has 0 saturated heterocycles. The summed E-state index contributed by atoms with van der Waals surface area (Å²) in [5.41, 5.74) is 1.26. The first-order valence-corrected chi connectivity index (χ1v) is 5.46. The van der Waals surface area contributed by atoms with Gasteiger partial charge in [0.25, 0.3) is 0 Å². The molecule has 0 radical (unpaired) electrons. The van der Waals surface area contributed by atoms with Crippen LogP contribution in [-0.2, 0) is 6.42 Å². The van der Waals surface area contributed by atoms with E-state index in [1.807, 2.05) is 6.92 Å². The van der Waals surface area contributed by atoms with Gasteiger partial charge in [0.2, 0.25) is 0 Å². The Kier molecular flexibility index (Phi) is 4.11. The molecule has 84 valence electrons. The smallest absolute Gasteiger partial charge is 0.144 e. The van der Waals surface area contributed by atoms with Crippen LogP contribution in [0.4, 0.5) is 4.39 Å². The second kappa shape index (κ2) is 4.94. The topological polar surface area (TPSA) is 29.5 Å². The van der Waals surface area contributed by atoms with Crippen LogP contribution in [0.3, 0.4) is 0 Å². The van der Waals surface area contributed by atoms with Crippen LogP contribution in [-0.4, -0.2) is 18.3 Å². The van der Waals surface area contributed by atoms with Crippen molar-refractivity contribution >= 4 is 15.9 Å². The van der Waals surface area contributed by atoms with Gasteiger partial charge in [0, 0.05) is 12.0 Å². The van der Waals surface area contributed by atoms with Crippen molar-refractivity contribution in [2.75, 3.05) is 7.11 Å². The van der Waals surface area contributed by atoms with Crippen LogP contribution in [0.2, 0.25) is 0 Å². The van der Waals surface area contributed by atoms with Gasteiger partial charge in [0.05, 0.1) is 17.7 Å². The normalized spacial score (nSPS) is 12.7. The molecule has 0 bridgehead atoms. The lowest BCUT2D eigenvalue weighted by atomic mass is 10.0. The average molecular weight is 277 g/mol. The SMILES string of the molecule is COc1c(C)cc(Br)c(F)c1CC(C)O. The van der Waals surface area contributed by atoms with Crippen LogP contribution in [0, 0.1) is 12.7 Å². The highest BCUT2D eigenvalue weighted by molar-refractivity contribution is 9.10. The minimum Gasteiger partial charge on any atom is -0.496 e. The molecule has 1 N–H and O–H groups in total. The van der Waals surface area contributed by atoms with Gasteiger partial charge in [0.15, 0.2) is 0 Å². The molecular weight excluding hydrogens is 263 g/mol. The zero-order valence-corrected chi connectivity index (χ0v) is 10.6. The van der Waals surface area contributed by atoms with Crippen molar-refractivity contribution in [1.29, 1.82) is 0 Å². The number of aliphatic hydroxyl groups excluding tert-OH is 1. The third-order valence-corrected chi connectivity index (χ3v) is 2.73. The molecule has 1 aromatic carbocycles. The van der Waals surface area contributed by atoms with Crippen LogP contribution in [0.15, 0.2) is 10.5 Å². The Hall–Kier alpha value is -0.610. The molecule has 1 unspecified atom stereocenters. The number of aryl methyl sites for hydroxylation is 1. The minimum atomic E-state index is -0.595. The Morgan fingerprint density at radius 1 is 1.60 bits per heavy atom. The molecule has 0 aliphatic rings. The molecule has 0 fully saturated rings. The second-order valence-corrected chi connectivity index (χ2v) is 4.41. The predicted octanol–water partition coefficient (Wildman–Crippen LogP) is 2.83. The fourth-order valence-electron chi connectivity index (χ4n) is 1.56. The molecule has 0 aliphatic heterocycles. The number of rotatable bonds is 3. The van der Waals surface area contributed by atoms with Gasteiger partial charge in [-0.3, -0.25) is 0 Å². The summed E-state index contributed by atoms with van der Waals surface area (Å²) in [7, 11) is 1.50. The van der Waals surface area contributed by atoms with Crippen molar-refractivity contribution in [2.45, 2.75) is 26.4 Å². The molecule has 0 heterocycles. The highest BCUT2D eigenvalue weighted by atomic mass is 79.9. The van der Waals surface area contributed by atoms with Gasteiger partial charge < -0.3 is 9.84 Å². The van der Waals surface area contributed by atoms with Crippen molar-refractivity contribution in [2.24, 2.45) is 0 Å². The zero-order chi connectivity index (χ0) is 11.6. The average Bonchev–Trinajstić information content (AvgIpc) is 2.13. The molecule has 0 aliphatic carbocycles. The van der Waals surface area contributed by atoms with Crippen LogP contribution in [0.1, 0.15) is 18.1 Å². The highest BCUT2D eigenvalue weighted by Gasteiger charge is 2.17. The summed E-state index contributed by atoms with van der Waals surface area (Å²) < 4.78 is 19.3. The first-order chi connectivity index (χ1) is 6.97. The molecule has 1 aromatic rings. The summed E-state index contributed by atoms with van der Waals surface area (Å²) in [6, 6.07) is 1.67. The molecule has 0 amide bonds. The summed E-state index contributed by atoms with van der Waals surface area (Å²) in [4.78, 5) is 0. The molecule has 2 nitrogen and oxygen atoms in total. The van der Waals surface area contributed by atoms with Crippen LogP contribution < -0.4 is 4.74 Å². The standard InChI is InChI=1S/C11H14BrFO2/c1-6-4-9(12)10(13)8(5-7(2)14)11(6)15-3/h4,7,14H,5H2,1-3H3. The quantitative estimate of drug-likeness (QED) is 0.920. The van der Waals surface area contributed by atoms with Crippen LogP contribution in [0.5, 0.6) is 5.75 Å². The molecule has 1 atom stereocenters. The van der Waals surface area contributed by atoms with E-state index in [4.69, 9.17) is 4.74 Å². The lowest BCUT2D eigenvalue weighted by Gasteiger charge is -2.14. The van der Waals surface area contributed by atoms with E-state index in [-0.39, 0.29) is 12.2 Å². The number of methoxy groups -OCH3 is 1. The van der Waals surface area contributed by atoms with Gasteiger partial charge >= 0.3 is 0 Å². The van der Waals surface area contributed by atoms with E-state index in [0.717, 1.165) is 5.56 Å². The van der Waals surface area contributed by atoms with E-state index in [0.29, 0.717) is 15.8 Å². The molecule has 4 heteroatoms. The van der Waals surface area contributed by atoms with Gasteiger partial charge in [-0.1, -0.05) is 0 Å². The fraction of sp³-hybridized carbons (Fsp3) is 0.455. The molecule has 0 spiro atoms. The number of ether oxygens (including phenoxy) is 1. The van der Waals surface area contributed by atoms with Crippen molar-refractivity contribution in [1.82, 2.24) is 0 Å². The Labute approximate surface area is 97.2 Å². The maximum atomic E-state index is 13.8. The van der Waals surface area contributed by atoms with Gasteiger partial charge in [-0.2, -0.15) is 0 Å². The highest BCUT2D eigenvalue weighted by Crippen LogP contribution is 2.32. The molecular formula is C11H14BrFO2. The summed E-state index contributed by atoms with van der Waals surface area (Å²) in [6.45, 7) is 3.46. The van der Waals surface area contributed by atoms with E-state index in [2.05, 4.69) is 15.9 Å². The Morgan fingerprint density at radius 3 is 2.67 bits per heavy atom. The minimum absolute atomic E-state index is 0.245. The fourth-order valence-corrected chi connectivity index (χ4v) is 2.15. The zero-order valence-electron chi connectivity index (χ0n) is 8.97. The Balaban J connectivity index is 3.30. The second-order valence-electron chi connectivity index (χ2n) is 3.55. The van der Waals surface area contributed by atoms with E-state index in [1.54, 1.807) is 13.0 Å². The van der Waals surface area contributed by atoms with Crippen LogP contribution in [0.25, 0.3) is 0 Å². The molecule has 1 rings (SSSR count).